The van der Waals surface area contributed by atoms with Crippen molar-refractivity contribution in [3.8, 4) is 0 Å². The topological polar surface area (TPSA) is 69.4 Å². The largest absolute Gasteiger partial charge is 0.455 e. The number of hydrogen-bond acceptors (Lipinski definition) is 4. The first-order valence-corrected chi connectivity index (χ1v) is 6.75. The molecule has 0 aliphatic carbocycles. The molecule has 0 heterocycles. The summed E-state index contributed by atoms with van der Waals surface area (Å²) in [6.07, 6.45) is 3.25. The first-order valence-electron chi connectivity index (χ1n) is 6.75. The van der Waals surface area contributed by atoms with E-state index in [1.165, 1.54) is 24.3 Å². The zero-order valence-electron chi connectivity index (χ0n) is 12.0. The summed E-state index contributed by atoms with van der Waals surface area (Å²) >= 11 is 0. The van der Waals surface area contributed by atoms with Gasteiger partial charge in [0, 0.05) is 12.1 Å². The summed E-state index contributed by atoms with van der Waals surface area (Å²) in [6, 6.07) is 15.0. The second-order valence-electron chi connectivity index (χ2n) is 4.68. The van der Waals surface area contributed by atoms with Crippen LogP contribution in [0.3, 0.4) is 0 Å². The Labute approximate surface area is 128 Å². The summed E-state index contributed by atoms with van der Waals surface area (Å²) in [7, 11) is 0. The first kappa shape index (κ1) is 15.4. The van der Waals surface area contributed by atoms with Crippen LogP contribution in [0, 0.1) is 10.1 Å². The number of benzene rings is 2. The van der Waals surface area contributed by atoms with Gasteiger partial charge in [-0.15, -0.1) is 0 Å². The number of carbonyl (C=O) groups excluding carboxylic acids is 1. The molecule has 0 N–H and O–H groups in total. The SMILES string of the molecule is CC(/C=C/c1ccccc1)OC(=O)c1ccc([N+](=O)[O-])cc1. The molecule has 2 aromatic carbocycles. The van der Waals surface area contributed by atoms with Crippen molar-refractivity contribution in [1.29, 1.82) is 0 Å². The van der Waals surface area contributed by atoms with Gasteiger partial charge >= 0.3 is 5.97 Å². The molecule has 0 amide bonds. The minimum atomic E-state index is -0.514. The Balaban J connectivity index is 1.96. The standard InChI is InChI=1S/C17H15NO4/c1-13(7-8-14-5-3-2-4-6-14)22-17(19)15-9-11-16(12-10-15)18(20)21/h2-13H,1H3/b8-7+. The van der Waals surface area contributed by atoms with Gasteiger partial charge in [0.15, 0.2) is 0 Å². The third-order valence-electron chi connectivity index (χ3n) is 2.97. The van der Waals surface area contributed by atoms with E-state index in [-0.39, 0.29) is 11.3 Å². The summed E-state index contributed by atoms with van der Waals surface area (Å²) in [5.74, 6) is -0.514. The quantitative estimate of drug-likeness (QED) is 0.477. The van der Waals surface area contributed by atoms with Crippen LogP contribution >= 0.6 is 0 Å². The minimum Gasteiger partial charge on any atom is -0.455 e. The molecular formula is C17H15NO4. The highest BCUT2D eigenvalue weighted by molar-refractivity contribution is 5.89. The highest BCUT2D eigenvalue weighted by atomic mass is 16.6. The second-order valence-corrected chi connectivity index (χ2v) is 4.68. The maximum absolute atomic E-state index is 11.9. The van der Waals surface area contributed by atoms with Gasteiger partial charge in [-0.25, -0.2) is 4.79 Å². The number of ether oxygens (including phenoxy) is 1. The first-order chi connectivity index (χ1) is 10.6. The summed E-state index contributed by atoms with van der Waals surface area (Å²) in [4.78, 5) is 22.0. The molecule has 0 spiro atoms. The molecule has 2 aromatic rings. The Bertz CT molecular complexity index is 678. The third-order valence-corrected chi connectivity index (χ3v) is 2.97. The van der Waals surface area contributed by atoms with E-state index in [0.29, 0.717) is 0 Å². The van der Waals surface area contributed by atoms with Crippen molar-refractivity contribution in [3.05, 3.63) is 81.9 Å². The molecule has 5 nitrogen and oxygen atoms in total. The van der Waals surface area contributed by atoms with E-state index in [0.717, 1.165) is 5.56 Å². The molecule has 0 fully saturated rings. The van der Waals surface area contributed by atoms with Gasteiger partial charge in [0.2, 0.25) is 0 Å². The molecule has 22 heavy (non-hydrogen) atoms. The van der Waals surface area contributed by atoms with Crippen LogP contribution in [0.2, 0.25) is 0 Å². The Morgan fingerprint density at radius 1 is 1.14 bits per heavy atom. The lowest BCUT2D eigenvalue weighted by molar-refractivity contribution is -0.384. The van der Waals surface area contributed by atoms with E-state index in [2.05, 4.69) is 0 Å². The van der Waals surface area contributed by atoms with Crippen LogP contribution in [0.25, 0.3) is 6.08 Å². The highest BCUT2D eigenvalue weighted by Gasteiger charge is 2.12. The number of nitro benzene ring substituents is 1. The molecule has 2 rings (SSSR count). The van der Waals surface area contributed by atoms with Crippen molar-refractivity contribution in [3.63, 3.8) is 0 Å². The third kappa shape index (κ3) is 4.28. The fourth-order valence-corrected chi connectivity index (χ4v) is 1.81. The predicted molar refractivity (Wildman–Crippen MR) is 83.4 cm³/mol. The van der Waals surface area contributed by atoms with E-state index in [1.54, 1.807) is 13.0 Å². The van der Waals surface area contributed by atoms with Gasteiger partial charge in [0.1, 0.15) is 6.10 Å². The maximum Gasteiger partial charge on any atom is 0.338 e. The van der Waals surface area contributed by atoms with Crippen molar-refractivity contribution in [2.24, 2.45) is 0 Å². The molecule has 0 saturated carbocycles. The van der Waals surface area contributed by atoms with Gasteiger partial charge < -0.3 is 4.74 Å². The van der Waals surface area contributed by atoms with Crippen LogP contribution in [0.15, 0.2) is 60.7 Å². The smallest absolute Gasteiger partial charge is 0.338 e. The normalized spacial score (nSPS) is 12.0. The van der Waals surface area contributed by atoms with Gasteiger partial charge in [-0.3, -0.25) is 10.1 Å². The number of rotatable bonds is 5. The molecule has 112 valence electrons. The number of carbonyl (C=O) groups is 1. The van der Waals surface area contributed by atoms with Crippen LogP contribution < -0.4 is 0 Å². The number of hydrogen-bond donors (Lipinski definition) is 0. The van der Waals surface area contributed by atoms with Crippen molar-refractivity contribution >= 4 is 17.7 Å². The van der Waals surface area contributed by atoms with Gasteiger partial charge in [-0.05, 0) is 30.7 Å². The molecule has 0 bridgehead atoms. The summed E-state index contributed by atoms with van der Waals surface area (Å²) in [5, 5.41) is 10.6. The lowest BCUT2D eigenvalue weighted by Crippen LogP contribution is -2.12. The minimum absolute atomic E-state index is 0.0615. The van der Waals surface area contributed by atoms with E-state index < -0.39 is 17.0 Å². The highest BCUT2D eigenvalue weighted by Crippen LogP contribution is 2.13. The van der Waals surface area contributed by atoms with Gasteiger partial charge in [-0.2, -0.15) is 0 Å². The van der Waals surface area contributed by atoms with Crippen LogP contribution in [-0.2, 0) is 4.74 Å². The molecule has 0 radical (unpaired) electrons. The monoisotopic (exact) mass is 297 g/mol. The van der Waals surface area contributed by atoms with Crippen molar-refractivity contribution in [1.82, 2.24) is 0 Å². The van der Waals surface area contributed by atoms with Crippen LogP contribution in [0.4, 0.5) is 5.69 Å². The fourth-order valence-electron chi connectivity index (χ4n) is 1.81. The lowest BCUT2D eigenvalue weighted by atomic mass is 10.2. The van der Waals surface area contributed by atoms with Gasteiger partial charge in [0.25, 0.3) is 5.69 Å². The second kappa shape index (κ2) is 7.17. The number of nitrogens with zero attached hydrogens (tertiary/aromatic N) is 1. The number of non-ortho nitro benzene ring substituents is 1. The zero-order chi connectivity index (χ0) is 15.9. The van der Waals surface area contributed by atoms with Crippen LogP contribution in [0.5, 0.6) is 0 Å². The summed E-state index contributed by atoms with van der Waals surface area (Å²) < 4.78 is 5.26. The molecule has 5 heteroatoms. The molecular weight excluding hydrogens is 282 g/mol. The van der Waals surface area contributed by atoms with E-state index in [9.17, 15) is 14.9 Å². The summed E-state index contributed by atoms with van der Waals surface area (Å²) in [6.45, 7) is 1.75. The average molecular weight is 297 g/mol. The van der Waals surface area contributed by atoms with Gasteiger partial charge in [0.05, 0.1) is 10.5 Å². The molecule has 0 aliphatic rings. The van der Waals surface area contributed by atoms with Crippen molar-refractivity contribution in [2.75, 3.05) is 0 Å². The van der Waals surface area contributed by atoms with E-state index >= 15 is 0 Å². The van der Waals surface area contributed by atoms with Gasteiger partial charge in [-0.1, -0.05) is 36.4 Å². The number of nitro groups is 1. The summed E-state index contributed by atoms with van der Waals surface area (Å²) in [5.41, 5.74) is 1.24. The van der Waals surface area contributed by atoms with Crippen molar-refractivity contribution in [2.45, 2.75) is 13.0 Å². The Hall–Kier alpha value is -2.95. The van der Waals surface area contributed by atoms with Crippen LogP contribution in [-0.4, -0.2) is 17.0 Å². The Kier molecular flexibility index (Phi) is 5.03. The molecule has 0 saturated heterocycles. The maximum atomic E-state index is 11.9. The van der Waals surface area contributed by atoms with E-state index in [4.69, 9.17) is 4.74 Å². The number of esters is 1. The molecule has 0 aromatic heterocycles. The van der Waals surface area contributed by atoms with Crippen molar-refractivity contribution < 1.29 is 14.5 Å². The molecule has 0 aliphatic heterocycles. The Morgan fingerprint density at radius 2 is 1.77 bits per heavy atom. The average Bonchev–Trinajstić information content (AvgIpc) is 2.54. The Morgan fingerprint density at radius 3 is 2.36 bits per heavy atom. The molecule has 1 atom stereocenters. The van der Waals surface area contributed by atoms with Crippen LogP contribution in [0.1, 0.15) is 22.8 Å². The molecule has 1 unspecified atom stereocenters. The fraction of sp³-hybridized carbons (Fsp3) is 0.118. The van der Waals surface area contributed by atoms with E-state index in [1.807, 2.05) is 36.4 Å². The lowest BCUT2D eigenvalue weighted by Gasteiger charge is -2.09. The zero-order valence-corrected chi connectivity index (χ0v) is 12.0. The predicted octanol–water partition coefficient (Wildman–Crippen LogP) is 3.85.